The fourth-order valence-electron chi connectivity index (χ4n) is 4.11. The number of hydrogen-bond acceptors (Lipinski definition) is 5. The van der Waals surface area contributed by atoms with Gasteiger partial charge in [-0.3, -0.25) is 14.6 Å². The third-order valence-corrected chi connectivity index (χ3v) is 5.47. The summed E-state index contributed by atoms with van der Waals surface area (Å²) >= 11 is 0. The zero-order chi connectivity index (χ0) is 20.7. The molecule has 3 aromatic rings. The van der Waals surface area contributed by atoms with Crippen molar-refractivity contribution in [1.29, 1.82) is 0 Å². The van der Waals surface area contributed by atoms with Crippen molar-refractivity contribution in [3.8, 4) is 5.75 Å². The molecule has 0 aromatic heterocycles. The number of imide groups is 1. The van der Waals surface area contributed by atoms with E-state index in [0.29, 0.717) is 17.1 Å². The molecule has 0 radical (unpaired) electrons. The first-order chi connectivity index (χ1) is 14.7. The van der Waals surface area contributed by atoms with E-state index >= 15 is 0 Å². The topological polar surface area (TPSA) is 62.2 Å². The number of methoxy groups -OCH3 is 1. The zero-order valence-electron chi connectivity index (χ0n) is 16.3. The SMILES string of the molecule is COc1ccccc1N1C(=O)[C@H]2C(c3ccccc3)=NN(c3ccccc3)[C@@H]2C1=O. The molecule has 0 N–H and O–H groups in total. The van der Waals surface area contributed by atoms with Gasteiger partial charge in [-0.1, -0.05) is 60.7 Å². The second kappa shape index (κ2) is 7.15. The predicted molar refractivity (Wildman–Crippen MR) is 115 cm³/mol. The Morgan fingerprint density at radius 1 is 0.800 bits per heavy atom. The minimum Gasteiger partial charge on any atom is -0.495 e. The van der Waals surface area contributed by atoms with Crippen molar-refractivity contribution in [2.45, 2.75) is 6.04 Å². The molecule has 2 atom stereocenters. The molecular weight excluding hydrogens is 378 g/mol. The fourth-order valence-corrected chi connectivity index (χ4v) is 4.11. The lowest BCUT2D eigenvalue weighted by atomic mass is 9.93. The highest BCUT2D eigenvalue weighted by molar-refractivity contribution is 6.34. The fraction of sp³-hybridized carbons (Fsp3) is 0.125. The maximum Gasteiger partial charge on any atom is 0.260 e. The predicted octanol–water partition coefficient (Wildman–Crippen LogP) is 3.48. The highest BCUT2D eigenvalue weighted by atomic mass is 16.5. The summed E-state index contributed by atoms with van der Waals surface area (Å²) in [6.07, 6.45) is 0. The van der Waals surface area contributed by atoms with Crippen LogP contribution in [0.4, 0.5) is 11.4 Å². The van der Waals surface area contributed by atoms with Crippen molar-refractivity contribution in [1.82, 2.24) is 0 Å². The molecule has 0 unspecified atom stereocenters. The Hall–Kier alpha value is -3.93. The summed E-state index contributed by atoms with van der Waals surface area (Å²) in [5.74, 6) is -0.822. The van der Waals surface area contributed by atoms with E-state index in [4.69, 9.17) is 9.84 Å². The third kappa shape index (κ3) is 2.69. The molecular formula is C24H19N3O3. The number of nitrogens with zero attached hydrogens (tertiary/aromatic N) is 3. The van der Waals surface area contributed by atoms with Gasteiger partial charge in [0.1, 0.15) is 17.7 Å². The Balaban J connectivity index is 1.65. The molecule has 3 aromatic carbocycles. The minimum atomic E-state index is -0.736. The maximum absolute atomic E-state index is 13.6. The van der Waals surface area contributed by atoms with Crippen LogP contribution in [0.3, 0.4) is 0 Å². The molecule has 5 rings (SSSR count). The molecule has 2 aliphatic heterocycles. The summed E-state index contributed by atoms with van der Waals surface area (Å²) in [4.78, 5) is 28.4. The second-order valence-corrected chi connectivity index (χ2v) is 7.14. The van der Waals surface area contributed by atoms with Crippen LogP contribution in [0.2, 0.25) is 0 Å². The van der Waals surface area contributed by atoms with Gasteiger partial charge in [0, 0.05) is 0 Å². The molecule has 6 heteroatoms. The van der Waals surface area contributed by atoms with E-state index in [0.717, 1.165) is 11.3 Å². The summed E-state index contributed by atoms with van der Waals surface area (Å²) in [7, 11) is 1.53. The summed E-state index contributed by atoms with van der Waals surface area (Å²) < 4.78 is 5.41. The van der Waals surface area contributed by atoms with Crippen molar-refractivity contribution < 1.29 is 14.3 Å². The number of anilines is 2. The van der Waals surface area contributed by atoms with E-state index in [1.54, 1.807) is 29.3 Å². The number of carbonyl (C=O) groups excluding carboxylic acids is 2. The van der Waals surface area contributed by atoms with Gasteiger partial charge in [0.2, 0.25) is 5.91 Å². The van der Waals surface area contributed by atoms with Gasteiger partial charge in [-0.05, 0) is 29.8 Å². The smallest absolute Gasteiger partial charge is 0.260 e. The number of hydrogen-bond donors (Lipinski definition) is 0. The van der Waals surface area contributed by atoms with Gasteiger partial charge in [-0.2, -0.15) is 5.10 Å². The van der Waals surface area contributed by atoms with Crippen LogP contribution in [0.25, 0.3) is 0 Å². The molecule has 0 aliphatic carbocycles. The van der Waals surface area contributed by atoms with Crippen LogP contribution < -0.4 is 14.6 Å². The Kier molecular flexibility index (Phi) is 4.32. The Bertz CT molecular complexity index is 1140. The number of para-hydroxylation sites is 3. The van der Waals surface area contributed by atoms with Gasteiger partial charge in [0.15, 0.2) is 0 Å². The largest absolute Gasteiger partial charge is 0.495 e. The van der Waals surface area contributed by atoms with Crippen LogP contribution in [0.5, 0.6) is 5.75 Å². The molecule has 2 amide bonds. The van der Waals surface area contributed by atoms with Crippen LogP contribution >= 0.6 is 0 Å². The number of amides is 2. The van der Waals surface area contributed by atoms with Gasteiger partial charge in [0.05, 0.1) is 24.2 Å². The lowest BCUT2D eigenvalue weighted by molar-refractivity contribution is -0.121. The lowest BCUT2D eigenvalue weighted by Gasteiger charge is -2.22. The lowest BCUT2D eigenvalue weighted by Crippen LogP contribution is -2.39. The van der Waals surface area contributed by atoms with Crippen LogP contribution in [0, 0.1) is 5.92 Å². The first-order valence-corrected chi connectivity index (χ1v) is 9.69. The van der Waals surface area contributed by atoms with Gasteiger partial charge in [-0.25, -0.2) is 4.90 Å². The molecule has 30 heavy (non-hydrogen) atoms. The van der Waals surface area contributed by atoms with E-state index in [2.05, 4.69) is 0 Å². The first-order valence-electron chi connectivity index (χ1n) is 9.69. The molecule has 1 saturated heterocycles. The number of rotatable bonds is 4. The van der Waals surface area contributed by atoms with Crippen molar-refractivity contribution >= 4 is 28.9 Å². The van der Waals surface area contributed by atoms with E-state index in [1.807, 2.05) is 60.7 Å². The summed E-state index contributed by atoms with van der Waals surface area (Å²) in [6, 6.07) is 25.3. The molecule has 0 spiro atoms. The summed E-state index contributed by atoms with van der Waals surface area (Å²) in [5.41, 5.74) is 2.64. The molecule has 2 heterocycles. The maximum atomic E-state index is 13.6. The van der Waals surface area contributed by atoms with E-state index in [9.17, 15) is 9.59 Å². The normalized spacial score (nSPS) is 20.4. The summed E-state index contributed by atoms with van der Waals surface area (Å²) in [5, 5.41) is 6.40. The van der Waals surface area contributed by atoms with E-state index in [1.165, 1.54) is 12.0 Å². The Morgan fingerprint density at radius 2 is 1.43 bits per heavy atom. The van der Waals surface area contributed by atoms with Crippen LogP contribution in [0.15, 0.2) is 90.0 Å². The standard InChI is InChI=1S/C24H19N3O3/c1-30-19-15-9-8-14-18(19)26-23(28)20-21(16-10-4-2-5-11-16)25-27(22(20)24(26)29)17-12-6-3-7-13-17/h2-15,20,22H,1H3/t20-,22-/m0/s1. The van der Waals surface area contributed by atoms with Crippen molar-refractivity contribution in [2.24, 2.45) is 11.0 Å². The highest BCUT2D eigenvalue weighted by Gasteiger charge is 2.57. The first kappa shape index (κ1) is 18.1. The van der Waals surface area contributed by atoms with Gasteiger partial charge in [0.25, 0.3) is 5.91 Å². The van der Waals surface area contributed by atoms with Crippen molar-refractivity contribution in [3.05, 3.63) is 90.5 Å². The molecule has 6 nitrogen and oxygen atoms in total. The Morgan fingerprint density at radius 3 is 2.13 bits per heavy atom. The van der Waals surface area contributed by atoms with Crippen molar-refractivity contribution in [3.63, 3.8) is 0 Å². The molecule has 148 valence electrons. The number of hydrazone groups is 1. The van der Waals surface area contributed by atoms with Gasteiger partial charge < -0.3 is 4.74 Å². The van der Waals surface area contributed by atoms with Crippen LogP contribution in [0.1, 0.15) is 5.56 Å². The third-order valence-electron chi connectivity index (χ3n) is 5.47. The highest BCUT2D eigenvalue weighted by Crippen LogP contribution is 2.41. The Labute approximate surface area is 174 Å². The number of fused-ring (bicyclic) bond motifs is 1. The van der Waals surface area contributed by atoms with Crippen LogP contribution in [-0.4, -0.2) is 30.7 Å². The monoisotopic (exact) mass is 397 g/mol. The number of ether oxygens (including phenoxy) is 1. The number of benzene rings is 3. The van der Waals surface area contributed by atoms with Crippen molar-refractivity contribution in [2.75, 3.05) is 17.0 Å². The second-order valence-electron chi connectivity index (χ2n) is 7.14. The van der Waals surface area contributed by atoms with Gasteiger partial charge >= 0.3 is 0 Å². The molecule has 0 bridgehead atoms. The van der Waals surface area contributed by atoms with E-state index in [-0.39, 0.29) is 11.8 Å². The number of carbonyl (C=O) groups is 2. The molecule has 0 saturated carbocycles. The molecule has 1 fully saturated rings. The molecule has 2 aliphatic rings. The average Bonchev–Trinajstić information content (AvgIpc) is 3.32. The van der Waals surface area contributed by atoms with Crippen LogP contribution in [-0.2, 0) is 9.59 Å². The van der Waals surface area contributed by atoms with E-state index < -0.39 is 12.0 Å². The zero-order valence-corrected chi connectivity index (χ0v) is 16.3. The quantitative estimate of drug-likeness (QED) is 0.633. The minimum absolute atomic E-state index is 0.296. The average molecular weight is 397 g/mol. The summed E-state index contributed by atoms with van der Waals surface area (Å²) in [6.45, 7) is 0. The van der Waals surface area contributed by atoms with Gasteiger partial charge in [-0.15, -0.1) is 0 Å².